The van der Waals surface area contributed by atoms with Gasteiger partial charge in [-0.2, -0.15) is 0 Å². The van der Waals surface area contributed by atoms with Crippen LogP contribution < -0.4 is 0 Å². The number of aliphatic carboxylic acids is 1. The zero-order valence-corrected chi connectivity index (χ0v) is 11.6. The molecule has 112 valence electrons. The number of ether oxygens (including phenoxy) is 1. The van der Waals surface area contributed by atoms with Gasteiger partial charge in [0.25, 0.3) is 0 Å². The van der Waals surface area contributed by atoms with Crippen molar-refractivity contribution in [3.05, 3.63) is 0 Å². The molecule has 0 aromatic heterocycles. The van der Waals surface area contributed by atoms with Crippen molar-refractivity contribution in [1.82, 2.24) is 0 Å². The predicted octanol–water partition coefficient (Wildman–Crippen LogP) is 1.70. The molecule has 0 bridgehead atoms. The molecule has 19 heavy (non-hydrogen) atoms. The van der Waals surface area contributed by atoms with Gasteiger partial charge in [0, 0.05) is 12.8 Å². The van der Waals surface area contributed by atoms with Gasteiger partial charge in [-0.1, -0.05) is 26.2 Å². The highest BCUT2D eigenvalue weighted by Gasteiger charge is 2.36. The van der Waals surface area contributed by atoms with Gasteiger partial charge in [-0.05, 0) is 19.3 Å². The van der Waals surface area contributed by atoms with Gasteiger partial charge in [0.05, 0.1) is 24.4 Å². The van der Waals surface area contributed by atoms with E-state index >= 15 is 0 Å². The van der Waals surface area contributed by atoms with Gasteiger partial charge in [0.2, 0.25) is 0 Å². The van der Waals surface area contributed by atoms with Crippen molar-refractivity contribution < 1.29 is 24.9 Å². The van der Waals surface area contributed by atoms with E-state index in [1.165, 1.54) is 0 Å². The van der Waals surface area contributed by atoms with Crippen LogP contribution in [0.2, 0.25) is 0 Å². The summed E-state index contributed by atoms with van der Waals surface area (Å²) in [6.45, 7) is 2.11. The van der Waals surface area contributed by atoms with E-state index in [9.17, 15) is 15.0 Å². The van der Waals surface area contributed by atoms with Crippen molar-refractivity contribution in [1.29, 1.82) is 0 Å². The minimum absolute atomic E-state index is 0.0936. The fraction of sp³-hybridized carbons (Fsp3) is 0.929. The van der Waals surface area contributed by atoms with E-state index in [1.807, 2.05) is 0 Å². The van der Waals surface area contributed by atoms with Crippen molar-refractivity contribution in [2.24, 2.45) is 0 Å². The molecule has 1 saturated heterocycles. The fourth-order valence-corrected chi connectivity index (χ4v) is 2.51. The summed E-state index contributed by atoms with van der Waals surface area (Å²) in [6, 6.07) is 0. The van der Waals surface area contributed by atoms with E-state index < -0.39 is 18.2 Å². The third-order valence-corrected chi connectivity index (χ3v) is 3.66. The maximum absolute atomic E-state index is 10.4. The summed E-state index contributed by atoms with van der Waals surface area (Å²) in [4.78, 5) is 10.4. The molecule has 3 N–H and O–H groups in total. The Balaban J connectivity index is 2.26. The summed E-state index contributed by atoms with van der Waals surface area (Å²) >= 11 is 0. The van der Waals surface area contributed by atoms with Crippen LogP contribution in [-0.4, -0.2) is 45.7 Å². The van der Waals surface area contributed by atoms with Gasteiger partial charge in [-0.3, -0.25) is 4.79 Å². The van der Waals surface area contributed by atoms with Gasteiger partial charge in [0.15, 0.2) is 0 Å². The lowest BCUT2D eigenvalue weighted by atomic mass is 10.0. The van der Waals surface area contributed by atoms with Gasteiger partial charge in [-0.15, -0.1) is 0 Å². The quantitative estimate of drug-likeness (QED) is 0.557. The summed E-state index contributed by atoms with van der Waals surface area (Å²) in [5.74, 6) is -0.830. The second-order valence-electron chi connectivity index (χ2n) is 5.37. The molecular weight excluding hydrogens is 248 g/mol. The molecule has 1 fully saturated rings. The van der Waals surface area contributed by atoms with E-state index in [4.69, 9.17) is 9.84 Å². The van der Waals surface area contributed by atoms with Gasteiger partial charge < -0.3 is 20.1 Å². The average Bonchev–Trinajstić information content (AvgIpc) is 2.71. The highest BCUT2D eigenvalue weighted by molar-refractivity contribution is 5.66. The SMILES string of the molecule is CCCCC[C@@H](O)[C@H]1C[C@@H](O)[C@H](CCCC(=O)O)O1. The zero-order valence-electron chi connectivity index (χ0n) is 11.6. The molecule has 5 heteroatoms. The highest BCUT2D eigenvalue weighted by Crippen LogP contribution is 2.28. The number of unbranched alkanes of at least 4 members (excludes halogenated alkanes) is 2. The molecule has 0 spiro atoms. The van der Waals surface area contributed by atoms with Crippen molar-refractivity contribution in [2.45, 2.75) is 82.7 Å². The zero-order chi connectivity index (χ0) is 14.3. The van der Waals surface area contributed by atoms with E-state index in [0.29, 0.717) is 25.7 Å². The second kappa shape index (κ2) is 8.51. The molecule has 0 saturated carbocycles. The average molecular weight is 274 g/mol. The first-order chi connectivity index (χ1) is 9.04. The number of hydrogen-bond acceptors (Lipinski definition) is 4. The lowest BCUT2D eigenvalue weighted by Crippen LogP contribution is -2.26. The fourth-order valence-electron chi connectivity index (χ4n) is 2.51. The maximum Gasteiger partial charge on any atom is 0.303 e. The number of carboxylic acids is 1. The molecule has 1 rings (SSSR count). The molecule has 4 atom stereocenters. The largest absolute Gasteiger partial charge is 0.481 e. The number of rotatable bonds is 9. The first-order valence-electron chi connectivity index (χ1n) is 7.28. The first-order valence-corrected chi connectivity index (χ1v) is 7.28. The molecule has 1 aliphatic heterocycles. The number of carbonyl (C=O) groups is 1. The summed E-state index contributed by atoms with van der Waals surface area (Å²) < 4.78 is 5.66. The van der Waals surface area contributed by atoms with E-state index in [2.05, 4.69) is 6.92 Å². The molecule has 1 heterocycles. The van der Waals surface area contributed by atoms with Crippen LogP contribution in [0.15, 0.2) is 0 Å². The Morgan fingerprint density at radius 1 is 1.37 bits per heavy atom. The molecule has 0 aromatic rings. The molecule has 0 aromatic carbocycles. The Kier molecular flexibility index (Phi) is 7.34. The lowest BCUT2D eigenvalue weighted by molar-refractivity contribution is -0.137. The Hall–Kier alpha value is -0.650. The van der Waals surface area contributed by atoms with Gasteiger partial charge in [-0.25, -0.2) is 0 Å². The normalized spacial score (nSPS) is 28.5. The van der Waals surface area contributed by atoms with Crippen LogP contribution in [0.1, 0.15) is 58.3 Å². The third-order valence-electron chi connectivity index (χ3n) is 3.66. The maximum atomic E-state index is 10.4. The number of carboxylic acid groups (broad SMARTS) is 1. The van der Waals surface area contributed by atoms with E-state index in [1.54, 1.807) is 0 Å². The molecule has 0 radical (unpaired) electrons. The van der Waals surface area contributed by atoms with Crippen LogP contribution in [0, 0.1) is 0 Å². The van der Waals surface area contributed by atoms with Gasteiger partial charge in [0.1, 0.15) is 0 Å². The van der Waals surface area contributed by atoms with Crippen LogP contribution >= 0.6 is 0 Å². The Labute approximate surface area is 114 Å². The monoisotopic (exact) mass is 274 g/mol. The molecule has 0 unspecified atom stereocenters. The smallest absolute Gasteiger partial charge is 0.303 e. The Morgan fingerprint density at radius 3 is 2.74 bits per heavy atom. The summed E-state index contributed by atoms with van der Waals surface area (Å²) in [5, 5.41) is 28.4. The van der Waals surface area contributed by atoms with Crippen molar-refractivity contribution >= 4 is 5.97 Å². The molecule has 0 aliphatic carbocycles. The Morgan fingerprint density at radius 2 is 2.11 bits per heavy atom. The summed E-state index contributed by atoms with van der Waals surface area (Å²) in [7, 11) is 0. The van der Waals surface area contributed by atoms with Crippen LogP contribution in [0.3, 0.4) is 0 Å². The van der Waals surface area contributed by atoms with Crippen molar-refractivity contribution in [3.63, 3.8) is 0 Å². The van der Waals surface area contributed by atoms with E-state index in [-0.39, 0.29) is 18.6 Å². The molecule has 5 nitrogen and oxygen atoms in total. The molecule has 0 amide bonds. The van der Waals surface area contributed by atoms with Crippen LogP contribution in [0.25, 0.3) is 0 Å². The minimum Gasteiger partial charge on any atom is -0.481 e. The minimum atomic E-state index is -0.830. The molecular formula is C14H26O5. The first kappa shape index (κ1) is 16.4. The molecule has 1 aliphatic rings. The number of aliphatic hydroxyl groups is 2. The highest BCUT2D eigenvalue weighted by atomic mass is 16.5. The topological polar surface area (TPSA) is 87.0 Å². The van der Waals surface area contributed by atoms with Crippen molar-refractivity contribution in [2.75, 3.05) is 0 Å². The second-order valence-corrected chi connectivity index (χ2v) is 5.37. The van der Waals surface area contributed by atoms with Crippen molar-refractivity contribution in [3.8, 4) is 0 Å². The van der Waals surface area contributed by atoms with Crippen LogP contribution in [-0.2, 0) is 9.53 Å². The number of hydrogen-bond donors (Lipinski definition) is 3. The summed E-state index contributed by atoms with van der Waals surface area (Å²) in [6.07, 6.45) is 3.71. The predicted molar refractivity (Wildman–Crippen MR) is 70.9 cm³/mol. The third kappa shape index (κ3) is 5.89. The standard InChI is InChI=1S/C14H26O5/c1-2-3-4-6-10(15)13-9-11(16)12(19-13)7-5-8-14(17)18/h10-13,15-16H,2-9H2,1H3,(H,17,18)/t10-,11-,12+,13-/m1/s1. The Bertz CT molecular complexity index is 269. The van der Waals surface area contributed by atoms with E-state index in [0.717, 1.165) is 19.3 Å². The summed E-state index contributed by atoms with van der Waals surface area (Å²) in [5.41, 5.74) is 0. The number of aliphatic hydroxyl groups excluding tert-OH is 2. The van der Waals surface area contributed by atoms with Crippen LogP contribution in [0.5, 0.6) is 0 Å². The van der Waals surface area contributed by atoms with Gasteiger partial charge >= 0.3 is 5.97 Å². The van der Waals surface area contributed by atoms with Crippen LogP contribution in [0.4, 0.5) is 0 Å². The lowest BCUT2D eigenvalue weighted by Gasteiger charge is -2.18.